The maximum Gasteiger partial charge on any atom is 0.191 e. The molecule has 2 fully saturated rings. The first-order valence-electron chi connectivity index (χ1n) is 9.62. The minimum atomic E-state index is -0.588. The van der Waals surface area contributed by atoms with E-state index in [0.717, 1.165) is 90.4 Å². The zero-order valence-electron chi connectivity index (χ0n) is 15.6. The van der Waals surface area contributed by atoms with Gasteiger partial charge in [0.15, 0.2) is 5.96 Å². The van der Waals surface area contributed by atoms with Gasteiger partial charge in [0.05, 0.1) is 12.1 Å². The summed E-state index contributed by atoms with van der Waals surface area (Å²) in [7, 11) is 0. The number of guanidine groups is 1. The Balaban J connectivity index is 0.00000312. The van der Waals surface area contributed by atoms with Gasteiger partial charge in [-0.15, -0.1) is 24.0 Å². The Morgan fingerprint density at radius 1 is 1.24 bits per heavy atom. The van der Waals surface area contributed by atoms with Crippen LogP contribution in [-0.4, -0.2) is 62.7 Å². The molecule has 0 unspecified atom stereocenters. The second kappa shape index (κ2) is 13.1. The van der Waals surface area contributed by atoms with E-state index in [0.29, 0.717) is 12.5 Å². The van der Waals surface area contributed by atoms with E-state index < -0.39 is 5.60 Å². The lowest BCUT2D eigenvalue weighted by Crippen LogP contribution is -2.40. The molecule has 0 radical (unpaired) electrons. The van der Waals surface area contributed by atoms with Crippen molar-refractivity contribution in [2.75, 3.05) is 46.1 Å². The van der Waals surface area contributed by atoms with Crippen LogP contribution in [0.1, 0.15) is 51.9 Å². The Morgan fingerprint density at radius 3 is 2.64 bits per heavy atom. The molecule has 1 saturated carbocycles. The van der Waals surface area contributed by atoms with Gasteiger partial charge in [-0.3, -0.25) is 4.99 Å². The Labute approximate surface area is 169 Å². The lowest BCUT2D eigenvalue weighted by molar-refractivity contribution is 0.0203. The van der Waals surface area contributed by atoms with Crippen molar-refractivity contribution >= 4 is 29.9 Å². The fourth-order valence-electron chi connectivity index (χ4n) is 3.30. The van der Waals surface area contributed by atoms with Crippen LogP contribution < -0.4 is 10.6 Å². The first-order valence-corrected chi connectivity index (χ1v) is 9.62. The summed E-state index contributed by atoms with van der Waals surface area (Å²) in [6, 6.07) is 0. The summed E-state index contributed by atoms with van der Waals surface area (Å²) in [5.74, 6) is 1.46. The van der Waals surface area contributed by atoms with Crippen molar-refractivity contribution in [2.24, 2.45) is 10.9 Å². The number of halogens is 1. The number of nitrogens with one attached hydrogen (secondary N) is 2. The Bertz CT molecular complexity index is 371. The predicted octanol–water partition coefficient (Wildman–Crippen LogP) is 2.30. The van der Waals surface area contributed by atoms with Crippen LogP contribution in [-0.2, 0) is 9.47 Å². The molecule has 1 heterocycles. The smallest absolute Gasteiger partial charge is 0.191 e. The summed E-state index contributed by atoms with van der Waals surface area (Å²) >= 11 is 0. The molecule has 2 aliphatic rings. The molecule has 6 nitrogen and oxygen atoms in total. The second-order valence-electron chi connectivity index (χ2n) is 7.04. The summed E-state index contributed by atoms with van der Waals surface area (Å²) in [6.45, 7) is 7.58. The molecule has 0 aromatic rings. The summed E-state index contributed by atoms with van der Waals surface area (Å²) in [5, 5.41) is 16.9. The van der Waals surface area contributed by atoms with Gasteiger partial charge in [0.2, 0.25) is 0 Å². The SMILES string of the molecule is CCNC(=NCC1(O)CCCC1)NCCCOCC1CCOCC1.I. The van der Waals surface area contributed by atoms with Gasteiger partial charge in [-0.2, -0.15) is 0 Å². The largest absolute Gasteiger partial charge is 0.388 e. The molecular formula is C18H36IN3O3. The molecule has 7 heteroatoms. The molecule has 0 atom stereocenters. The predicted molar refractivity (Wildman–Crippen MR) is 112 cm³/mol. The van der Waals surface area contributed by atoms with Crippen LogP contribution in [0.3, 0.4) is 0 Å². The van der Waals surface area contributed by atoms with Crippen molar-refractivity contribution in [3.05, 3.63) is 0 Å². The number of rotatable bonds is 9. The van der Waals surface area contributed by atoms with Gasteiger partial charge in [0.25, 0.3) is 0 Å². The van der Waals surface area contributed by atoms with Gasteiger partial charge in [-0.25, -0.2) is 0 Å². The summed E-state index contributed by atoms with van der Waals surface area (Å²) in [6.07, 6.45) is 7.17. The molecule has 0 amide bonds. The van der Waals surface area contributed by atoms with Crippen molar-refractivity contribution in [3.8, 4) is 0 Å². The van der Waals surface area contributed by atoms with Gasteiger partial charge in [-0.1, -0.05) is 12.8 Å². The molecule has 0 aromatic heterocycles. The topological polar surface area (TPSA) is 75.1 Å². The van der Waals surface area contributed by atoms with Gasteiger partial charge >= 0.3 is 0 Å². The first kappa shape index (κ1) is 22.9. The number of aliphatic imine (C=N–C) groups is 1. The van der Waals surface area contributed by atoms with E-state index in [4.69, 9.17) is 9.47 Å². The van der Waals surface area contributed by atoms with E-state index in [1.807, 2.05) is 0 Å². The van der Waals surface area contributed by atoms with Crippen LogP contribution in [0.15, 0.2) is 4.99 Å². The second-order valence-corrected chi connectivity index (χ2v) is 7.04. The minimum Gasteiger partial charge on any atom is -0.388 e. The number of hydrogen-bond donors (Lipinski definition) is 3. The summed E-state index contributed by atoms with van der Waals surface area (Å²) < 4.78 is 11.1. The van der Waals surface area contributed by atoms with Crippen LogP contribution in [0, 0.1) is 5.92 Å². The van der Waals surface area contributed by atoms with Crippen molar-refractivity contribution in [2.45, 2.75) is 57.5 Å². The molecular weight excluding hydrogens is 433 g/mol. The van der Waals surface area contributed by atoms with Crippen molar-refractivity contribution in [3.63, 3.8) is 0 Å². The highest BCUT2D eigenvalue weighted by atomic mass is 127. The molecule has 3 N–H and O–H groups in total. The third-order valence-electron chi connectivity index (χ3n) is 4.86. The van der Waals surface area contributed by atoms with E-state index in [1.165, 1.54) is 0 Å². The standard InChI is InChI=1S/C18H35N3O3.HI/c1-2-19-17(21-15-18(22)8-3-4-9-18)20-10-5-11-24-14-16-6-12-23-13-7-16;/h16,22H,2-15H2,1H3,(H2,19,20,21);1H. The van der Waals surface area contributed by atoms with E-state index >= 15 is 0 Å². The summed E-state index contributed by atoms with van der Waals surface area (Å²) in [5.41, 5.74) is -0.588. The van der Waals surface area contributed by atoms with Crippen LogP contribution in [0.4, 0.5) is 0 Å². The van der Waals surface area contributed by atoms with Crippen LogP contribution in [0.5, 0.6) is 0 Å². The Morgan fingerprint density at radius 2 is 1.96 bits per heavy atom. The third-order valence-corrected chi connectivity index (χ3v) is 4.86. The number of nitrogens with zero attached hydrogens (tertiary/aromatic N) is 1. The average Bonchev–Trinajstić information content (AvgIpc) is 3.03. The highest BCUT2D eigenvalue weighted by Crippen LogP contribution is 2.29. The lowest BCUT2D eigenvalue weighted by atomic mass is 10.0. The molecule has 2 rings (SSSR count). The zero-order valence-corrected chi connectivity index (χ0v) is 17.9. The Hall–Kier alpha value is -0.120. The monoisotopic (exact) mass is 469 g/mol. The van der Waals surface area contributed by atoms with E-state index in [9.17, 15) is 5.11 Å². The van der Waals surface area contributed by atoms with E-state index in [-0.39, 0.29) is 24.0 Å². The van der Waals surface area contributed by atoms with Crippen molar-refractivity contribution in [1.82, 2.24) is 10.6 Å². The zero-order chi connectivity index (χ0) is 17.1. The number of hydrogen-bond acceptors (Lipinski definition) is 4. The van der Waals surface area contributed by atoms with E-state index in [2.05, 4.69) is 22.5 Å². The highest BCUT2D eigenvalue weighted by Gasteiger charge is 2.30. The molecule has 1 aliphatic carbocycles. The van der Waals surface area contributed by atoms with Crippen LogP contribution in [0.2, 0.25) is 0 Å². The van der Waals surface area contributed by atoms with Crippen molar-refractivity contribution < 1.29 is 14.6 Å². The molecule has 1 saturated heterocycles. The molecule has 0 spiro atoms. The average molecular weight is 469 g/mol. The maximum atomic E-state index is 10.4. The molecule has 25 heavy (non-hydrogen) atoms. The first-order chi connectivity index (χ1) is 11.7. The third kappa shape index (κ3) is 9.40. The molecule has 0 bridgehead atoms. The Kier molecular flexibility index (Phi) is 12.0. The van der Waals surface area contributed by atoms with Gasteiger partial charge in [0.1, 0.15) is 0 Å². The summed E-state index contributed by atoms with van der Waals surface area (Å²) in [4.78, 5) is 4.55. The minimum absolute atomic E-state index is 0. The molecule has 148 valence electrons. The van der Waals surface area contributed by atoms with E-state index in [1.54, 1.807) is 0 Å². The quantitative estimate of drug-likeness (QED) is 0.209. The lowest BCUT2D eigenvalue weighted by Gasteiger charge is -2.22. The van der Waals surface area contributed by atoms with Gasteiger partial charge < -0.3 is 25.2 Å². The maximum absolute atomic E-state index is 10.4. The van der Waals surface area contributed by atoms with Gasteiger partial charge in [0, 0.05) is 39.5 Å². The number of ether oxygens (including phenoxy) is 2. The molecule has 1 aliphatic heterocycles. The molecule has 0 aromatic carbocycles. The van der Waals surface area contributed by atoms with Gasteiger partial charge in [-0.05, 0) is 44.9 Å². The van der Waals surface area contributed by atoms with Crippen LogP contribution in [0.25, 0.3) is 0 Å². The fourth-order valence-corrected chi connectivity index (χ4v) is 3.30. The highest BCUT2D eigenvalue weighted by molar-refractivity contribution is 14.0. The normalized spacial score (nSPS) is 21.0. The fraction of sp³-hybridized carbons (Fsp3) is 0.944. The van der Waals surface area contributed by atoms with Crippen LogP contribution >= 0.6 is 24.0 Å². The van der Waals surface area contributed by atoms with Crippen molar-refractivity contribution in [1.29, 1.82) is 0 Å². The number of aliphatic hydroxyl groups is 1.